The molecule has 6 atom stereocenters. The predicted octanol–water partition coefficient (Wildman–Crippen LogP) is 2.45. The zero-order valence-electron chi connectivity index (χ0n) is 29.3. The van der Waals surface area contributed by atoms with Crippen LogP contribution in [0, 0.1) is 23.2 Å². The third-order valence-electron chi connectivity index (χ3n) is 10.7. The molecule has 1 aromatic rings. The summed E-state index contributed by atoms with van der Waals surface area (Å²) < 4.78 is 0. The SMILES string of the molecule is CCC[C@H](NC(=O)[C@H]1[C@H]2CCC[C@@H]2CN1C(=O)[C@@H](NC(=O)[C@H](NC(=O)c1cnccn1)C1CCCCC1)C(C)(C)C)C(=O)C(=O)NC1CC1. The van der Waals surface area contributed by atoms with Gasteiger partial charge in [-0.1, -0.05) is 59.8 Å². The normalized spacial score (nSPS) is 24.2. The highest BCUT2D eigenvalue weighted by molar-refractivity contribution is 6.38. The fourth-order valence-electron chi connectivity index (χ4n) is 7.87. The molecule has 1 aliphatic heterocycles. The molecule has 5 rings (SSSR count). The van der Waals surface area contributed by atoms with Gasteiger partial charge in [0.05, 0.1) is 12.2 Å². The van der Waals surface area contributed by atoms with Crippen LogP contribution in [-0.4, -0.2) is 86.9 Å². The van der Waals surface area contributed by atoms with Gasteiger partial charge in [0, 0.05) is 25.0 Å². The van der Waals surface area contributed by atoms with E-state index >= 15 is 0 Å². The van der Waals surface area contributed by atoms with Crippen molar-refractivity contribution in [1.29, 1.82) is 0 Å². The lowest BCUT2D eigenvalue weighted by Crippen LogP contribution is -2.62. The maximum absolute atomic E-state index is 14.6. The highest BCUT2D eigenvalue weighted by atomic mass is 16.2. The van der Waals surface area contributed by atoms with E-state index in [1.807, 2.05) is 27.7 Å². The monoisotopic (exact) mass is 679 g/mol. The molecule has 1 saturated heterocycles. The summed E-state index contributed by atoms with van der Waals surface area (Å²) in [5.41, 5.74) is -0.638. The van der Waals surface area contributed by atoms with Crippen LogP contribution in [0.25, 0.3) is 0 Å². The van der Waals surface area contributed by atoms with Crippen molar-refractivity contribution in [3.63, 3.8) is 0 Å². The summed E-state index contributed by atoms with van der Waals surface area (Å²) in [4.78, 5) is 91.4. The molecule has 0 aromatic carbocycles. The van der Waals surface area contributed by atoms with Crippen LogP contribution in [0.2, 0.25) is 0 Å². The van der Waals surface area contributed by atoms with Crippen molar-refractivity contribution < 1.29 is 28.8 Å². The summed E-state index contributed by atoms with van der Waals surface area (Å²) in [7, 11) is 0. The van der Waals surface area contributed by atoms with Gasteiger partial charge in [-0.15, -0.1) is 0 Å². The van der Waals surface area contributed by atoms with Crippen LogP contribution in [0.3, 0.4) is 0 Å². The fourth-order valence-corrected chi connectivity index (χ4v) is 7.87. The lowest BCUT2D eigenvalue weighted by molar-refractivity contribution is -0.146. The first kappa shape index (κ1) is 36.4. The average Bonchev–Trinajstić information content (AvgIpc) is 3.65. The van der Waals surface area contributed by atoms with Crippen molar-refractivity contribution in [3.8, 4) is 0 Å². The number of fused-ring (bicyclic) bond motifs is 1. The van der Waals surface area contributed by atoms with Gasteiger partial charge in [0.2, 0.25) is 23.5 Å². The van der Waals surface area contributed by atoms with Gasteiger partial charge in [-0.05, 0) is 68.1 Å². The number of carbonyl (C=O) groups is 6. The Morgan fingerprint density at radius 3 is 2.27 bits per heavy atom. The van der Waals surface area contributed by atoms with Crippen molar-refractivity contribution >= 4 is 35.3 Å². The van der Waals surface area contributed by atoms with Gasteiger partial charge in [-0.3, -0.25) is 33.8 Å². The van der Waals surface area contributed by atoms with Gasteiger partial charge < -0.3 is 26.2 Å². The number of nitrogens with zero attached hydrogens (tertiary/aromatic N) is 3. The van der Waals surface area contributed by atoms with Crippen molar-refractivity contribution in [2.45, 2.75) is 135 Å². The average molecular weight is 680 g/mol. The van der Waals surface area contributed by atoms with Gasteiger partial charge in [0.15, 0.2) is 0 Å². The first-order chi connectivity index (χ1) is 23.4. The molecular formula is C36H53N7O6. The molecule has 49 heavy (non-hydrogen) atoms. The topological polar surface area (TPSA) is 180 Å². The summed E-state index contributed by atoms with van der Waals surface area (Å²) >= 11 is 0. The zero-order valence-corrected chi connectivity index (χ0v) is 29.3. The van der Waals surface area contributed by atoms with Crippen molar-refractivity contribution in [2.24, 2.45) is 23.2 Å². The highest BCUT2D eigenvalue weighted by Gasteiger charge is 2.52. The van der Waals surface area contributed by atoms with Crippen LogP contribution in [0.4, 0.5) is 0 Å². The molecule has 3 aliphatic carbocycles. The Morgan fingerprint density at radius 2 is 1.63 bits per heavy atom. The molecule has 0 bridgehead atoms. The molecule has 13 nitrogen and oxygen atoms in total. The van der Waals surface area contributed by atoms with Crippen LogP contribution in [0.5, 0.6) is 0 Å². The van der Waals surface area contributed by atoms with Gasteiger partial charge in [0.1, 0.15) is 23.8 Å². The van der Waals surface area contributed by atoms with Crippen LogP contribution in [0.1, 0.15) is 115 Å². The van der Waals surface area contributed by atoms with Crippen molar-refractivity contribution in [1.82, 2.24) is 36.1 Å². The van der Waals surface area contributed by atoms with Crippen molar-refractivity contribution in [3.05, 3.63) is 24.3 Å². The Labute approximate surface area is 288 Å². The molecule has 4 aliphatic rings. The second kappa shape index (κ2) is 15.8. The van der Waals surface area contributed by atoms with E-state index < -0.39 is 59.0 Å². The smallest absolute Gasteiger partial charge is 0.289 e. The number of Topliss-reactive ketones (excluding diaryl/α,β-unsaturated/α-hetero) is 1. The van der Waals surface area contributed by atoms with Crippen LogP contribution in [-0.2, 0) is 24.0 Å². The number of amides is 5. The number of nitrogens with one attached hydrogen (secondary N) is 4. The molecule has 2 heterocycles. The van der Waals surface area contributed by atoms with E-state index in [1.54, 1.807) is 4.90 Å². The molecule has 0 spiro atoms. The lowest BCUT2D eigenvalue weighted by atomic mass is 9.82. The number of rotatable bonds is 13. The fraction of sp³-hybridized carbons (Fsp3) is 0.722. The maximum atomic E-state index is 14.6. The predicted molar refractivity (Wildman–Crippen MR) is 181 cm³/mol. The first-order valence-electron chi connectivity index (χ1n) is 18.2. The third-order valence-corrected chi connectivity index (χ3v) is 10.7. The second-order valence-electron chi connectivity index (χ2n) is 15.5. The van der Waals surface area contributed by atoms with E-state index in [-0.39, 0.29) is 35.4 Å². The summed E-state index contributed by atoms with van der Waals surface area (Å²) in [6, 6.07) is -3.68. The summed E-state index contributed by atoms with van der Waals surface area (Å²) in [5, 5.41) is 11.5. The number of likely N-dealkylation sites (tertiary alicyclic amines) is 1. The number of ketones is 1. The first-order valence-corrected chi connectivity index (χ1v) is 18.2. The number of hydrogen-bond acceptors (Lipinski definition) is 8. The van der Waals surface area contributed by atoms with E-state index in [2.05, 4.69) is 31.2 Å². The summed E-state index contributed by atoms with van der Waals surface area (Å²) in [6.45, 7) is 7.85. The molecule has 0 unspecified atom stereocenters. The standard InChI is InChI=1S/C36H53N7O6/c1-5-10-25(29(44)34(48)39-23-15-16-23)40-33(47)28-24-14-9-13-22(24)20-43(28)35(49)30(36(2,3)4)42-32(46)27(21-11-7-6-8-12-21)41-31(45)26-19-37-17-18-38-26/h17-19,21-25,27-28,30H,5-16,20H2,1-4H3,(H,39,48)(H,40,47)(H,41,45)(H,42,46)/t22-,24+,25+,27-,28-,30-/m1/s1. The number of hydrogen-bond donors (Lipinski definition) is 4. The molecule has 268 valence electrons. The van der Waals surface area contributed by atoms with Gasteiger partial charge in [-0.25, -0.2) is 4.98 Å². The van der Waals surface area contributed by atoms with Crippen molar-refractivity contribution in [2.75, 3.05) is 6.54 Å². The minimum atomic E-state index is -0.994. The Kier molecular flexibility index (Phi) is 11.7. The molecular weight excluding hydrogens is 626 g/mol. The Bertz CT molecular complexity index is 1390. The molecule has 4 fully saturated rings. The minimum absolute atomic E-state index is 0.0132. The highest BCUT2D eigenvalue weighted by Crippen LogP contribution is 2.43. The zero-order chi connectivity index (χ0) is 35.3. The third kappa shape index (κ3) is 8.83. The van der Waals surface area contributed by atoms with E-state index in [0.717, 1.165) is 64.2 Å². The molecule has 4 N–H and O–H groups in total. The maximum Gasteiger partial charge on any atom is 0.289 e. The Balaban J connectivity index is 1.36. The molecule has 5 amide bonds. The van der Waals surface area contributed by atoms with E-state index in [9.17, 15) is 28.8 Å². The molecule has 0 radical (unpaired) electrons. The lowest BCUT2D eigenvalue weighted by Gasteiger charge is -2.38. The molecule has 1 aromatic heterocycles. The van der Waals surface area contributed by atoms with Crippen LogP contribution < -0.4 is 21.3 Å². The number of aromatic nitrogens is 2. The van der Waals surface area contributed by atoms with Gasteiger partial charge >= 0.3 is 0 Å². The summed E-state index contributed by atoms with van der Waals surface area (Å²) in [5.74, 6) is -3.20. The number of carbonyl (C=O) groups excluding carboxylic acids is 6. The Hall–Kier alpha value is -3.90. The van der Waals surface area contributed by atoms with E-state index in [0.29, 0.717) is 19.4 Å². The van der Waals surface area contributed by atoms with Crippen LogP contribution in [0.15, 0.2) is 18.6 Å². The second-order valence-corrected chi connectivity index (χ2v) is 15.5. The Morgan fingerprint density at radius 1 is 0.898 bits per heavy atom. The van der Waals surface area contributed by atoms with Gasteiger partial charge in [-0.2, -0.15) is 0 Å². The van der Waals surface area contributed by atoms with E-state index in [4.69, 9.17) is 0 Å². The summed E-state index contributed by atoms with van der Waals surface area (Å²) in [6.07, 6.45) is 13.9. The quantitative estimate of drug-likeness (QED) is 0.230. The largest absolute Gasteiger partial charge is 0.347 e. The van der Waals surface area contributed by atoms with E-state index in [1.165, 1.54) is 18.6 Å². The van der Waals surface area contributed by atoms with Gasteiger partial charge in [0.25, 0.3) is 11.8 Å². The molecule has 3 saturated carbocycles. The van der Waals surface area contributed by atoms with Crippen LogP contribution >= 0.6 is 0 Å². The minimum Gasteiger partial charge on any atom is -0.347 e. The molecule has 13 heteroatoms.